The highest BCUT2D eigenvalue weighted by Crippen LogP contribution is 2.13. The van der Waals surface area contributed by atoms with Gasteiger partial charge in [-0.25, -0.2) is 0 Å². The first kappa shape index (κ1) is 22.5. The molecule has 0 heterocycles. The van der Waals surface area contributed by atoms with Crippen LogP contribution in [-0.2, 0) is 6.54 Å². The molecule has 0 saturated carbocycles. The molecule has 0 aromatic heterocycles. The van der Waals surface area contributed by atoms with E-state index in [2.05, 4.69) is 18.3 Å². The summed E-state index contributed by atoms with van der Waals surface area (Å²) >= 11 is 5.99. The Bertz CT molecular complexity index is 405. The molecule has 0 amide bonds. The van der Waals surface area contributed by atoms with Crippen molar-refractivity contribution in [3.63, 3.8) is 0 Å². The van der Waals surface area contributed by atoms with Crippen molar-refractivity contribution in [3.8, 4) is 0 Å². The summed E-state index contributed by atoms with van der Waals surface area (Å²) < 4.78 is 0. The molecule has 25 heavy (non-hydrogen) atoms. The predicted molar refractivity (Wildman–Crippen MR) is 113 cm³/mol. The lowest BCUT2D eigenvalue weighted by atomic mass is 10.0. The van der Waals surface area contributed by atoms with E-state index >= 15 is 0 Å². The second kappa shape index (κ2) is 16.9. The van der Waals surface area contributed by atoms with Crippen LogP contribution < -0.4 is 5.32 Å². The Morgan fingerprint density at radius 2 is 1.24 bits per heavy atom. The fourth-order valence-corrected chi connectivity index (χ4v) is 3.54. The van der Waals surface area contributed by atoms with Crippen molar-refractivity contribution in [1.82, 2.24) is 5.32 Å². The fraction of sp³-hybridized carbons (Fsp3) is 0.739. The van der Waals surface area contributed by atoms with Gasteiger partial charge in [-0.1, -0.05) is 114 Å². The van der Waals surface area contributed by atoms with E-state index in [1.807, 2.05) is 18.2 Å². The van der Waals surface area contributed by atoms with E-state index in [-0.39, 0.29) is 0 Å². The second-order valence-electron chi connectivity index (χ2n) is 7.40. The van der Waals surface area contributed by atoms with Crippen molar-refractivity contribution >= 4 is 11.6 Å². The molecule has 0 unspecified atom stereocenters. The molecule has 0 spiro atoms. The van der Waals surface area contributed by atoms with Gasteiger partial charge < -0.3 is 5.32 Å². The molecule has 1 aromatic rings. The first-order valence-corrected chi connectivity index (χ1v) is 11.2. The molecular formula is C23H40ClN. The summed E-state index contributed by atoms with van der Waals surface area (Å²) in [7, 11) is 0. The van der Waals surface area contributed by atoms with E-state index < -0.39 is 0 Å². The maximum absolute atomic E-state index is 5.99. The largest absolute Gasteiger partial charge is 0.313 e. The smallest absolute Gasteiger partial charge is 0.0409 e. The fourth-order valence-electron chi connectivity index (χ4n) is 3.32. The van der Waals surface area contributed by atoms with Crippen LogP contribution in [0.3, 0.4) is 0 Å². The van der Waals surface area contributed by atoms with Gasteiger partial charge in [-0.15, -0.1) is 0 Å². The van der Waals surface area contributed by atoms with Gasteiger partial charge in [-0.2, -0.15) is 0 Å². The highest BCUT2D eigenvalue weighted by Gasteiger charge is 1.96. The van der Waals surface area contributed by atoms with Crippen molar-refractivity contribution in [2.75, 3.05) is 6.54 Å². The van der Waals surface area contributed by atoms with Gasteiger partial charge in [-0.3, -0.25) is 0 Å². The molecular weight excluding hydrogens is 326 g/mol. The van der Waals surface area contributed by atoms with Crippen LogP contribution in [0.25, 0.3) is 0 Å². The van der Waals surface area contributed by atoms with Gasteiger partial charge in [0.1, 0.15) is 0 Å². The molecule has 0 aliphatic rings. The van der Waals surface area contributed by atoms with Gasteiger partial charge in [0, 0.05) is 11.6 Å². The summed E-state index contributed by atoms with van der Waals surface area (Å²) in [6.45, 7) is 4.33. The van der Waals surface area contributed by atoms with Crippen molar-refractivity contribution in [2.24, 2.45) is 0 Å². The minimum atomic E-state index is 0.829. The minimum absolute atomic E-state index is 0.829. The number of hydrogen-bond donors (Lipinski definition) is 1. The van der Waals surface area contributed by atoms with Crippen LogP contribution in [0.15, 0.2) is 24.3 Å². The van der Waals surface area contributed by atoms with Crippen molar-refractivity contribution in [1.29, 1.82) is 0 Å². The molecule has 0 radical (unpaired) electrons. The Hall–Kier alpha value is -0.530. The normalized spacial score (nSPS) is 11.1. The Morgan fingerprint density at radius 3 is 1.76 bits per heavy atom. The zero-order chi connectivity index (χ0) is 18.0. The summed E-state index contributed by atoms with van der Waals surface area (Å²) in [5, 5.41) is 4.34. The number of unbranched alkanes of at least 4 members (excludes halogenated alkanes) is 13. The van der Waals surface area contributed by atoms with Gasteiger partial charge in [0.05, 0.1) is 0 Å². The van der Waals surface area contributed by atoms with E-state index in [9.17, 15) is 0 Å². The van der Waals surface area contributed by atoms with Gasteiger partial charge in [0.15, 0.2) is 0 Å². The first-order valence-electron chi connectivity index (χ1n) is 10.8. The molecule has 0 aliphatic heterocycles. The molecule has 0 saturated heterocycles. The average Bonchev–Trinajstić information content (AvgIpc) is 2.61. The first-order chi connectivity index (χ1) is 12.3. The predicted octanol–water partition coefficient (Wildman–Crippen LogP) is 7.91. The Labute approximate surface area is 161 Å². The van der Waals surface area contributed by atoms with Gasteiger partial charge >= 0.3 is 0 Å². The molecule has 0 atom stereocenters. The van der Waals surface area contributed by atoms with E-state index in [0.717, 1.165) is 18.1 Å². The SMILES string of the molecule is CCCCCCCCCCCCCCCCNCc1cccc(Cl)c1. The van der Waals surface area contributed by atoms with Gasteiger partial charge in [0.25, 0.3) is 0 Å². The maximum Gasteiger partial charge on any atom is 0.0409 e. The highest BCUT2D eigenvalue weighted by atomic mass is 35.5. The molecule has 0 bridgehead atoms. The summed E-state index contributed by atoms with van der Waals surface area (Å²) in [5.74, 6) is 0. The van der Waals surface area contributed by atoms with Crippen molar-refractivity contribution < 1.29 is 0 Å². The van der Waals surface area contributed by atoms with Crippen LogP contribution in [0, 0.1) is 0 Å². The summed E-state index contributed by atoms with van der Waals surface area (Å²) in [5.41, 5.74) is 1.28. The molecule has 1 N–H and O–H groups in total. The molecule has 1 nitrogen and oxygen atoms in total. The lowest BCUT2D eigenvalue weighted by Gasteiger charge is -2.06. The molecule has 0 aliphatic carbocycles. The van der Waals surface area contributed by atoms with E-state index in [1.165, 1.54) is 95.5 Å². The van der Waals surface area contributed by atoms with E-state index in [1.54, 1.807) is 0 Å². The Kier molecular flexibility index (Phi) is 15.2. The standard InChI is InChI=1S/C23H40ClN/c1-2-3-4-5-6-7-8-9-10-11-12-13-14-15-19-25-21-22-17-16-18-23(24)20-22/h16-18,20,25H,2-15,19,21H2,1H3. The quantitative estimate of drug-likeness (QED) is 0.276. The van der Waals surface area contributed by atoms with E-state index in [0.29, 0.717) is 0 Å². The Morgan fingerprint density at radius 1 is 0.720 bits per heavy atom. The van der Waals surface area contributed by atoms with Crippen LogP contribution in [0.4, 0.5) is 0 Å². The summed E-state index contributed by atoms with van der Waals surface area (Å²) in [6, 6.07) is 8.12. The van der Waals surface area contributed by atoms with Crippen LogP contribution in [0.1, 0.15) is 102 Å². The molecule has 0 fully saturated rings. The van der Waals surface area contributed by atoms with Crippen LogP contribution in [0.5, 0.6) is 0 Å². The minimum Gasteiger partial charge on any atom is -0.313 e. The third-order valence-corrected chi connectivity index (χ3v) is 5.16. The van der Waals surface area contributed by atoms with Crippen LogP contribution in [-0.4, -0.2) is 6.54 Å². The third-order valence-electron chi connectivity index (χ3n) is 4.93. The number of hydrogen-bond acceptors (Lipinski definition) is 1. The number of benzene rings is 1. The van der Waals surface area contributed by atoms with Crippen LogP contribution >= 0.6 is 11.6 Å². The molecule has 1 rings (SSSR count). The average molecular weight is 366 g/mol. The highest BCUT2D eigenvalue weighted by molar-refractivity contribution is 6.30. The Balaban J connectivity index is 1.75. The molecule has 2 heteroatoms. The van der Waals surface area contributed by atoms with Gasteiger partial charge in [-0.05, 0) is 30.7 Å². The third kappa shape index (κ3) is 14.3. The number of nitrogens with one attached hydrogen (secondary N) is 1. The number of rotatable bonds is 17. The molecule has 1 aromatic carbocycles. The second-order valence-corrected chi connectivity index (χ2v) is 7.84. The lowest BCUT2D eigenvalue weighted by molar-refractivity contribution is 0.529. The van der Waals surface area contributed by atoms with E-state index in [4.69, 9.17) is 11.6 Å². The maximum atomic E-state index is 5.99. The van der Waals surface area contributed by atoms with Crippen molar-refractivity contribution in [3.05, 3.63) is 34.9 Å². The van der Waals surface area contributed by atoms with Crippen molar-refractivity contribution in [2.45, 2.75) is 103 Å². The molecule has 144 valence electrons. The monoisotopic (exact) mass is 365 g/mol. The number of halogens is 1. The van der Waals surface area contributed by atoms with Gasteiger partial charge in [0.2, 0.25) is 0 Å². The summed E-state index contributed by atoms with van der Waals surface area (Å²) in [6.07, 6.45) is 19.9. The summed E-state index contributed by atoms with van der Waals surface area (Å²) in [4.78, 5) is 0. The zero-order valence-electron chi connectivity index (χ0n) is 16.5. The zero-order valence-corrected chi connectivity index (χ0v) is 17.3. The van der Waals surface area contributed by atoms with Crippen LogP contribution in [0.2, 0.25) is 5.02 Å². The topological polar surface area (TPSA) is 12.0 Å². The lowest BCUT2D eigenvalue weighted by Crippen LogP contribution is -2.14.